The maximum atomic E-state index is 13.5. The number of hydrogen-bond donors (Lipinski definition) is 11. The Morgan fingerprint density at radius 3 is 2.08 bits per heavy atom. The van der Waals surface area contributed by atoms with Crippen LogP contribution in [0.2, 0.25) is 0 Å². The van der Waals surface area contributed by atoms with E-state index in [1.165, 1.54) is 6.07 Å². The zero-order valence-electron chi connectivity index (χ0n) is 30.7. The van der Waals surface area contributed by atoms with Gasteiger partial charge < -0.3 is 64.2 Å². The van der Waals surface area contributed by atoms with E-state index in [2.05, 4.69) is 31.9 Å². The molecule has 6 atom stereocenters. The third-order valence-electron chi connectivity index (χ3n) is 8.28. The molecule has 3 rings (SSSR count). The molecule has 322 valence electrons. The number of nitrogens with one attached hydrogen (secondary N) is 6. The summed E-state index contributed by atoms with van der Waals surface area (Å²) in [5.41, 5.74) is 16.0. The summed E-state index contributed by atoms with van der Waals surface area (Å²) in [7, 11) is 1.86. The van der Waals surface area contributed by atoms with Crippen molar-refractivity contribution in [3.63, 3.8) is 0 Å². The predicted octanol–water partition coefficient (Wildman–Crippen LogP) is -5.53. The standard InChI is InChI=1S/C31H41N11O14S3/c32-14-9-58-59-10-18(26(34)49)40-30(53)16(5-22(33)44)39-31(54)20-11-57-12-41(20)24(46)8-36-28(51)15(3-13-1-2-21(43)19(4-13)42(55)56)37-23(45)7-35-29(52)17(6-25(47)48)38-27(14)50/h1-2,4,14-18,20,43H,3,5-12,32H2,(H2,33,44)(H2,34,49)(H,35,52)(H,36,51)(H,37,45)(H,38,50)(H,39,54)(H,40,53)(H,47,48)/t14-,15+,16+,17-,18-,20+/m1/s1. The van der Waals surface area contributed by atoms with Crippen molar-refractivity contribution in [1.82, 2.24) is 36.8 Å². The first-order chi connectivity index (χ1) is 27.8. The van der Waals surface area contributed by atoms with Gasteiger partial charge in [-0.1, -0.05) is 27.7 Å². The highest BCUT2D eigenvalue weighted by Gasteiger charge is 2.38. The highest BCUT2D eigenvalue weighted by Crippen LogP contribution is 2.27. The van der Waals surface area contributed by atoms with Gasteiger partial charge in [0.15, 0.2) is 5.75 Å². The van der Waals surface area contributed by atoms with Crippen LogP contribution in [-0.4, -0.2) is 152 Å². The van der Waals surface area contributed by atoms with Crippen LogP contribution in [-0.2, 0) is 54.4 Å². The number of nitro benzene ring substituents is 1. The van der Waals surface area contributed by atoms with E-state index in [4.69, 9.17) is 17.2 Å². The Kier molecular flexibility index (Phi) is 18.0. The van der Waals surface area contributed by atoms with E-state index < -0.39 is 144 Å². The van der Waals surface area contributed by atoms with Crippen LogP contribution in [0.15, 0.2) is 18.2 Å². The van der Waals surface area contributed by atoms with Crippen LogP contribution in [0.25, 0.3) is 0 Å². The van der Waals surface area contributed by atoms with E-state index in [0.717, 1.165) is 50.4 Å². The van der Waals surface area contributed by atoms with Crippen molar-refractivity contribution < 1.29 is 63.1 Å². The zero-order chi connectivity index (χ0) is 44.0. The van der Waals surface area contributed by atoms with E-state index in [0.29, 0.717) is 0 Å². The van der Waals surface area contributed by atoms with Gasteiger partial charge >= 0.3 is 11.7 Å². The lowest BCUT2D eigenvalue weighted by Crippen LogP contribution is -2.58. The van der Waals surface area contributed by atoms with Crippen LogP contribution in [0.1, 0.15) is 18.4 Å². The van der Waals surface area contributed by atoms with Gasteiger partial charge in [0, 0.05) is 29.7 Å². The number of primary amides is 2. The summed E-state index contributed by atoms with van der Waals surface area (Å²) in [5.74, 6) is -11.6. The molecule has 0 unspecified atom stereocenters. The van der Waals surface area contributed by atoms with Gasteiger partial charge in [-0.15, -0.1) is 11.8 Å². The fraction of sp³-hybridized carbons (Fsp3) is 0.484. The van der Waals surface area contributed by atoms with Crippen molar-refractivity contribution in [2.45, 2.75) is 55.5 Å². The van der Waals surface area contributed by atoms with Gasteiger partial charge in [-0.25, -0.2) is 0 Å². The quantitative estimate of drug-likeness (QED) is 0.0659. The van der Waals surface area contributed by atoms with Gasteiger partial charge in [0.1, 0.15) is 30.2 Å². The molecule has 1 aromatic rings. The fourth-order valence-electron chi connectivity index (χ4n) is 5.24. The number of nitrogens with two attached hydrogens (primary N) is 3. The molecule has 2 aliphatic rings. The van der Waals surface area contributed by atoms with Crippen molar-refractivity contribution in [2.24, 2.45) is 17.2 Å². The number of carboxylic acid groups (broad SMARTS) is 1. The third-order valence-corrected chi connectivity index (χ3v) is 11.7. The van der Waals surface area contributed by atoms with Gasteiger partial charge in [0.25, 0.3) is 0 Å². The average Bonchev–Trinajstić information content (AvgIpc) is 3.66. The first-order valence-corrected chi connectivity index (χ1v) is 20.8. The highest BCUT2D eigenvalue weighted by molar-refractivity contribution is 8.76. The Morgan fingerprint density at radius 2 is 1.44 bits per heavy atom. The number of carbonyl (C=O) groups excluding carboxylic acids is 9. The van der Waals surface area contributed by atoms with Crippen LogP contribution < -0.4 is 49.1 Å². The summed E-state index contributed by atoms with van der Waals surface area (Å²) in [4.78, 5) is 140. The molecule has 2 aliphatic heterocycles. The van der Waals surface area contributed by atoms with E-state index >= 15 is 0 Å². The molecule has 28 heteroatoms. The summed E-state index contributed by atoms with van der Waals surface area (Å²) >= 11 is 1.14. The number of amides is 9. The van der Waals surface area contributed by atoms with Crippen molar-refractivity contribution in [3.05, 3.63) is 33.9 Å². The lowest BCUT2D eigenvalue weighted by Gasteiger charge is -2.26. The van der Waals surface area contributed by atoms with E-state index in [9.17, 15) is 68.3 Å². The van der Waals surface area contributed by atoms with Gasteiger partial charge in [-0.3, -0.25) is 58.1 Å². The predicted molar refractivity (Wildman–Crippen MR) is 208 cm³/mol. The summed E-state index contributed by atoms with van der Waals surface area (Å²) in [6.07, 6.45) is -2.13. The number of phenolic OH excluding ortho intramolecular Hbond substituents is 1. The van der Waals surface area contributed by atoms with Crippen LogP contribution in [0.4, 0.5) is 5.69 Å². The number of thioether (sulfide) groups is 1. The maximum absolute atomic E-state index is 13.5. The van der Waals surface area contributed by atoms with Crippen molar-refractivity contribution in [3.8, 4) is 5.75 Å². The van der Waals surface area contributed by atoms with Crippen LogP contribution in [0.5, 0.6) is 5.75 Å². The smallest absolute Gasteiger partial charge is 0.310 e. The minimum absolute atomic E-state index is 0.0196. The second-order valence-electron chi connectivity index (χ2n) is 12.7. The Labute approximate surface area is 345 Å². The normalized spacial score (nSPS) is 24.9. The summed E-state index contributed by atoms with van der Waals surface area (Å²) in [6.45, 7) is -1.64. The second-order valence-corrected chi connectivity index (χ2v) is 16.3. The van der Waals surface area contributed by atoms with Gasteiger partial charge in [-0.05, 0) is 11.6 Å². The molecule has 0 bridgehead atoms. The van der Waals surface area contributed by atoms with Gasteiger partial charge in [0.05, 0.1) is 42.8 Å². The molecule has 2 fully saturated rings. The van der Waals surface area contributed by atoms with E-state index in [1.807, 2.05) is 0 Å². The summed E-state index contributed by atoms with van der Waals surface area (Å²) in [5, 5.41) is 44.3. The molecule has 1 aromatic carbocycles. The minimum atomic E-state index is -1.74. The molecule has 0 saturated carbocycles. The molecule has 0 aromatic heterocycles. The molecule has 25 nitrogen and oxygen atoms in total. The first-order valence-electron chi connectivity index (χ1n) is 17.2. The Morgan fingerprint density at radius 1 is 0.814 bits per heavy atom. The molecule has 0 radical (unpaired) electrons. The second kappa shape index (κ2) is 22.3. The number of benzene rings is 1. The SMILES string of the molecule is NC(=O)C[C@@H]1NC(=O)[C@@H]2CSCN2C(=O)CNC(=O)[C@H](Cc2ccc(O)c([N+](=O)[O-])c2)NC(=O)CNC(=O)[C@@H](CC(=O)O)NC(=O)[C@H](N)CSSC[C@H](C(N)=O)NC1=O. The number of phenols is 1. The number of carbonyl (C=O) groups is 10. The molecule has 2 saturated heterocycles. The molecular formula is C31H41N11O14S3. The van der Waals surface area contributed by atoms with Crippen LogP contribution in [0.3, 0.4) is 0 Å². The first kappa shape index (κ1) is 47.5. The van der Waals surface area contributed by atoms with Gasteiger partial charge in [0.2, 0.25) is 53.2 Å². The summed E-state index contributed by atoms with van der Waals surface area (Å²) in [6, 6.07) is -5.81. The topological polar surface area (TPSA) is 408 Å². The molecule has 14 N–H and O–H groups in total. The number of fused-ring (bicyclic) bond motifs is 1. The number of aliphatic carboxylic acids is 1. The van der Waals surface area contributed by atoms with Crippen LogP contribution in [0, 0.1) is 10.1 Å². The average molecular weight is 888 g/mol. The molecular weight excluding hydrogens is 847 g/mol. The lowest BCUT2D eigenvalue weighted by atomic mass is 10.0. The number of nitro groups is 1. The van der Waals surface area contributed by atoms with Crippen molar-refractivity contribution >= 4 is 98.2 Å². The third kappa shape index (κ3) is 14.8. The monoisotopic (exact) mass is 887 g/mol. The zero-order valence-corrected chi connectivity index (χ0v) is 33.2. The number of hydrogen-bond acceptors (Lipinski definition) is 17. The summed E-state index contributed by atoms with van der Waals surface area (Å²) < 4.78 is 0. The lowest BCUT2D eigenvalue weighted by molar-refractivity contribution is -0.385. The minimum Gasteiger partial charge on any atom is -0.502 e. The Balaban J connectivity index is 1.94. The fourth-order valence-corrected chi connectivity index (χ4v) is 8.72. The number of carboxylic acids is 1. The molecule has 9 amide bonds. The van der Waals surface area contributed by atoms with E-state index in [1.54, 1.807) is 0 Å². The Bertz CT molecular complexity index is 1860. The van der Waals surface area contributed by atoms with Crippen LogP contribution >= 0.6 is 33.3 Å². The molecule has 0 aliphatic carbocycles. The molecule has 59 heavy (non-hydrogen) atoms. The number of nitrogens with zero attached hydrogens (tertiary/aromatic N) is 2. The largest absolute Gasteiger partial charge is 0.502 e. The van der Waals surface area contributed by atoms with Crippen molar-refractivity contribution in [1.29, 1.82) is 0 Å². The number of rotatable bonds is 8. The molecule has 0 spiro atoms. The highest BCUT2D eigenvalue weighted by atomic mass is 33.1. The maximum Gasteiger partial charge on any atom is 0.310 e. The number of aromatic hydroxyl groups is 1. The van der Waals surface area contributed by atoms with E-state index in [-0.39, 0.29) is 28.7 Å². The van der Waals surface area contributed by atoms with Gasteiger partial charge in [-0.2, -0.15) is 0 Å². The Hall–Kier alpha value is -5.87. The van der Waals surface area contributed by atoms with Crippen molar-refractivity contribution in [2.75, 3.05) is 36.2 Å². The molecule has 2 heterocycles.